The minimum absolute atomic E-state index is 0.227. The van der Waals surface area contributed by atoms with Crippen LogP contribution in [0.2, 0.25) is 0 Å². The van der Waals surface area contributed by atoms with E-state index in [0.717, 1.165) is 89.9 Å². The summed E-state index contributed by atoms with van der Waals surface area (Å²) in [5.74, 6) is -0.292. The normalized spacial score (nSPS) is 28.7. The third-order valence-electron chi connectivity index (χ3n) is 16.6. The fourth-order valence-corrected chi connectivity index (χ4v) is 11.0. The lowest BCUT2D eigenvalue weighted by atomic mass is 9.96. The Morgan fingerprint density at radius 3 is 1.24 bits per heavy atom. The molecule has 3 aliphatic rings. The Morgan fingerprint density at radius 2 is 0.778 bits per heavy atom. The molecule has 0 aliphatic carbocycles. The Labute approximate surface area is 539 Å². The van der Waals surface area contributed by atoms with Crippen LogP contribution in [0, 0.1) is 0 Å². The summed E-state index contributed by atoms with van der Waals surface area (Å²) in [5, 5.41) is 120. The highest BCUT2D eigenvalue weighted by molar-refractivity contribution is 5.76. The fourth-order valence-electron chi connectivity index (χ4n) is 11.0. The van der Waals surface area contributed by atoms with Crippen LogP contribution in [0.3, 0.4) is 0 Å². The van der Waals surface area contributed by atoms with E-state index < -0.39 is 124 Å². The second kappa shape index (κ2) is 52.0. The van der Waals surface area contributed by atoms with Gasteiger partial charge in [-0.3, -0.25) is 4.79 Å². The lowest BCUT2D eigenvalue weighted by Gasteiger charge is -2.48. The topological polar surface area (TPSA) is 307 Å². The van der Waals surface area contributed by atoms with Gasteiger partial charge in [-0.15, -0.1) is 0 Å². The average Bonchev–Trinajstić information content (AvgIpc) is 0.908. The van der Waals surface area contributed by atoms with E-state index in [1.165, 1.54) is 89.9 Å². The molecule has 0 aromatic carbocycles. The zero-order chi connectivity index (χ0) is 65.4. The van der Waals surface area contributed by atoms with Crippen molar-refractivity contribution in [2.75, 3.05) is 26.4 Å². The maximum absolute atomic E-state index is 13.4. The first-order chi connectivity index (χ1) is 43.8. The van der Waals surface area contributed by atoms with Crippen molar-refractivity contribution in [1.29, 1.82) is 0 Å². The molecule has 3 saturated heterocycles. The summed E-state index contributed by atoms with van der Waals surface area (Å²) in [6, 6.07) is -0.996. The molecule has 0 aromatic heterocycles. The van der Waals surface area contributed by atoms with Crippen molar-refractivity contribution in [3.63, 3.8) is 0 Å². The van der Waals surface area contributed by atoms with Crippen molar-refractivity contribution in [1.82, 2.24) is 5.32 Å². The minimum Gasteiger partial charge on any atom is -0.394 e. The molecule has 0 saturated carbocycles. The lowest BCUT2D eigenvalue weighted by Crippen LogP contribution is -2.66. The van der Waals surface area contributed by atoms with Gasteiger partial charge in [0, 0.05) is 6.42 Å². The molecular formula is C71H121NO18. The monoisotopic (exact) mass is 1280 g/mol. The van der Waals surface area contributed by atoms with E-state index in [0.29, 0.717) is 12.8 Å². The molecule has 3 fully saturated rings. The second-order valence-corrected chi connectivity index (χ2v) is 24.2. The zero-order valence-electron chi connectivity index (χ0n) is 54.6. The number of aliphatic hydroxyl groups excluding tert-OH is 11. The Hall–Kier alpha value is -3.29. The van der Waals surface area contributed by atoms with Gasteiger partial charge in [0.25, 0.3) is 0 Å². The van der Waals surface area contributed by atoms with Crippen molar-refractivity contribution in [3.8, 4) is 0 Å². The van der Waals surface area contributed by atoms with Gasteiger partial charge in [0.1, 0.15) is 73.2 Å². The predicted molar refractivity (Wildman–Crippen MR) is 351 cm³/mol. The summed E-state index contributed by atoms with van der Waals surface area (Å²) in [7, 11) is 0. The number of carbonyl (C=O) groups excluding carboxylic acids is 1. The Bertz CT molecular complexity index is 2010. The van der Waals surface area contributed by atoms with E-state index in [9.17, 15) is 61.0 Å². The van der Waals surface area contributed by atoms with E-state index in [1.807, 2.05) is 6.08 Å². The van der Waals surface area contributed by atoms with E-state index in [1.54, 1.807) is 6.08 Å². The summed E-state index contributed by atoms with van der Waals surface area (Å²) in [4.78, 5) is 13.4. The molecule has 12 N–H and O–H groups in total. The van der Waals surface area contributed by atoms with Crippen molar-refractivity contribution < 1.29 is 89.4 Å². The van der Waals surface area contributed by atoms with Crippen LogP contribution in [-0.4, -0.2) is 193 Å². The molecule has 17 unspecified atom stereocenters. The minimum atomic E-state index is -1.98. The number of unbranched alkanes of at least 4 members (excludes halogenated alkanes) is 21. The van der Waals surface area contributed by atoms with E-state index >= 15 is 0 Å². The number of nitrogens with one attached hydrogen (secondary N) is 1. The van der Waals surface area contributed by atoms with Crippen molar-refractivity contribution in [2.45, 2.75) is 317 Å². The first-order valence-electron chi connectivity index (χ1n) is 34.5. The van der Waals surface area contributed by atoms with E-state index in [4.69, 9.17) is 28.4 Å². The first-order valence-corrected chi connectivity index (χ1v) is 34.5. The smallest absolute Gasteiger partial charge is 0.220 e. The van der Waals surface area contributed by atoms with Crippen LogP contribution in [-0.2, 0) is 33.2 Å². The molecule has 19 nitrogen and oxygen atoms in total. The van der Waals surface area contributed by atoms with Crippen molar-refractivity contribution >= 4 is 5.91 Å². The Kier molecular flexibility index (Phi) is 46.8. The summed E-state index contributed by atoms with van der Waals surface area (Å²) in [6.45, 7) is 1.57. The van der Waals surface area contributed by atoms with E-state index in [2.05, 4.69) is 104 Å². The largest absolute Gasteiger partial charge is 0.394 e. The third kappa shape index (κ3) is 33.7. The maximum atomic E-state index is 13.4. The third-order valence-corrected chi connectivity index (χ3v) is 16.6. The van der Waals surface area contributed by atoms with Gasteiger partial charge >= 0.3 is 0 Å². The molecule has 0 spiro atoms. The Balaban J connectivity index is 1.40. The number of carbonyl (C=O) groups is 1. The number of hydrogen-bond donors (Lipinski definition) is 12. The van der Waals surface area contributed by atoms with Gasteiger partial charge in [-0.25, -0.2) is 0 Å². The van der Waals surface area contributed by atoms with Gasteiger partial charge in [0.05, 0.1) is 38.6 Å². The quantitative estimate of drug-likeness (QED) is 0.0200. The summed E-state index contributed by atoms with van der Waals surface area (Å²) in [6.07, 6.45) is 41.0. The zero-order valence-corrected chi connectivity index (χ0v) is 54.6. The van der Waals surface area contributed by atoms with Crippen LogP contribution in [0.25, 0.3) is 0 Å². The first kappa shape index (κ1) is 80.9. The SMILES string of the molecule is CC/C=C\C/C=C\C/C=C\C/C=C\C/C=C\C/C=C\CCCCCCCCCCCCCCC(=O)NC(COC1OC(CO)C(OC2OC(CO)C(OC3OC(CO)C(O)C(O)C3O)C(O)C2O)C(O)C1O)C(O)/C=C/CC/C=C/CCCCCCCCCC. The Morgan fingerprint density at radius 1 is 0.411 bits per heavy atom. The van der Waals surface area contributed by atoms with Crippen molar-refractivity contribution in [2.24, 2.45) is 0 Å². The van der Waals surface area contributed by atoms with Crippen molar-refractivity contribution in [3.05, 3.63) is 97.2 Å². The number of ether oxygens (including phenoxy) is 6. The van der Waals surface area contributed by atoms with Crippen LogP contribution < -0.4 is 5.32 Å². The van der Waals surface area contributed by atoms with Crippen LogP contribution >= 0.6 is 0 Å². The van der Waals surface area contributed by atoms with Crippen LogP contribution in [0.1, 0.15) is 213 Å². The van der Waals surface area contributed by atoms with Gasteiger partial charge in [-0.2, -0.15) is 0 Å². The predicted octanol–water partition coefficient (Wildman–Crippen LogP) is 8.88. The molecule has 90 heavy (non-hydrogen) atoms. The lowest BCUT2D eigenvalue weighted by molar-refractivity contribution is -0.379. The molecular weight excluding hydrogens is 1150 g/mol. The fraction of sp³-hybridized carbons (Fsp3) is 0.761. The molecule has 3 rings (SSSR count). The number of hydrogen-bond acceptors (Lipinski definition) is 18. The molecule has 3 aliphatic heterocycles. The van der Waals surface area contributed by atoms with Crippen LogP contribution in [0.15, 0.2) is 97.2 Å². The maximum Gasteiger partial charge on any atom is 0.220 e. The van der Waals surface area contributed by atoms with Gasteiger partial charge in [-0.1, -0.05) is 220 Å². The summed E-state index contributed by atoms with van der Waals surface area (Å²) >= 11 is 0. The molecule has 3 heterocycles. The standard InChI is InChI=1S/C71H121NO18/c1-3-5-7-9-11-13-15-17-19-20-21-22-23-24-25-26-27-28-29-30-31-32-33-34-35-37-39-41-43-45-47-49-59(77)72-54(55(76)48-46-44-42-40-38-36-18-16-14-12-10-8-6-4-2)53-85-69-65(83)62(80)67(57(51-74)87-69)90-71-66(84)63(81)68(58(52-75)88-71)89-70-64(82)61(79)60(78)56(50-73)86-70/h5,7,11,13,17,19,21-22,24-25,27-28,38,40,46,48,54-58,60-71,73-76,78-84H,3-4,6,8-10,12,14-16,18,20,23,26,29-37,39,41-45,47,49-53H2,1-2H3,(H,72,77)/b7-5-,13-11-,19-17-,22-21-,25-24-,28-27-,40-38+,48-46+. The summed E-state index contributed by atoms with van der Waals surface area (Å²) in [5.41, 5.74) is 0. The highest BCUT2D eigenvalue weighted by Gasteiger charge is 2.53. The van der Waals surface area contributed by atoms with E-state index in [-0.39, 0.29) is 18.9 Å². The van der Waals surface area contributed by atoms with Gasteiger partial charge < -0.3 is 89.9 Å². The number of rotatable bonds is 51. The highest BCUT2D eigenvalue weighted by Crippen LogP contribution is 2.33. The molecule has 1 amide bonds. The number of amides is 1. The summed E-state index contributed by atoms with van der Waals surface area (Å²) < 4.78 is 34.3. The van der Waals surface area contributed by atoms with Gasteiger partial charge in [-0.05, 0) is 83.5 Å². The number of aliphatic hydroxyl groups is 11. The average molecular weight is 1280 g/mol. The molecule has 0 radical (unpaired) electrons. The molecule has 19 heteroatoms. The van der Waals surface area contributed by atoms with Gasteiger partial charge in [0.15, 0.2) is 18.9 Å². The molecule has 0 aromatic rings. The van der Waals surface area contributed by atoms with Gasteiger partial charge in [0.2, 0.25) is 5.91 Å². The highest BCUT2D eigenvalue weighted by atomic mass is 16.8. The molecule has 0 bridgehead atoms. The molecule has 17 atom stereocenters. The second-order valence-electron chi connectivity index (χ2n) is 24.2. The van der Waals surface area contributed by atoms with Crippen LogP contribution in [0.4, 0.5) is 0 Å². The van der Waals surface area contributed by atoms with Crippen LogP contribution in [0.5, 0.6) is 0 Å². The molecule has 518 valence electrons. The number of allylic oxidation sites excluding steroid dienone is 15.